The monoisotopic (exact) mass is 649 g/mol. The van der Waals surface area contributed by atoms with Gasteiger partial charge in [-0.05, 0) is 40.6 Å². The molecule has 6 aromatic carbocycles. The topological polar surface area (TPSA) is 30.7 Å². The number of thioether (sulfide) groups is 1. The molecule has 2 unspecified atom stereocenters. The highest BCUT2D eigenvalue weighted by Gasteiger charge is 2.36. The number of hydrogen-bond donors (Lipinski definition) is 0. The summed E-state index contributed by atoms with van der Waals surface area (Å²) in [5.74, 6) is 1.10. The van der Waals surface area contributed by atoms with E-state index in [9.17, 15) is 0 Å². The Hall–Kier alpha value is -5.23. The summed E-state index contributed by atoms with van der Waals surface area (Å²) in [4.78, 5) is 11.1. The van der Waals surface area contributed by atoms with Crippen molar-refractivity contribution in [3.8, 4) is 17.1 Å². The molecule has 1 aliphatic carbocycles. The van der Waals surface area contributed by atoms with Crippen LogP contribution in [-0.2, 0) is 0 Å². The normalized spacial score (nSPS) is 17.0. The van der Waals surface area contributed by atoms with E-state index < -0.39 is 0 Å². The van der Waals surface area contributed by atoms with Crippen molar-refractivity contribution in [2.24, 2.45) is 0 Å². The lowest BCUT2D eigenvalue weighted by molar-refractivity contribution is 0.806. The van der Waals surface area contributed by atoms with Gasteiger partial charge < -0.3 is 0 Å². The average molecular weight is 650 g/mol. The summed E-state index contributed by atoms with van der Waals surface area (Å²) in [5, 5.41) is 11.6. The molecule has 0 fully saturated rings. The molecule has 0 radical (unpaired) electrons. The fraction of sp³-hybridized carbons (Fsp3) is 0.0698. The largest absolute Gasteiger partial charge is 0.292 e. The van der Waals surface area contributed by atoms with E-state index in [1.165, 1.54) is 58.1 Å². The second-order valence-electron chi connectivity index (χ2n) is 12.9. The number of hydrogen-bond acceptors (Lipinski definition) is 4. The van der Waals surface area contributed by atoms with Crippen LogP contribution in [0.3, 0.4) is 0 Å². The van der Waals surface area contributed by atoms with Crippen LogP contribution in [0.15, 0.2) is 139 Å². The molecule has 226 valence electrons. The molecule has 3 aromatic heterocycles. The van der Waals surface area contributed by atoms with E-state index in [1.54, 1.807) is 0 Å². The van der Waals surface area contributed by atoms with Crippen LogP contribution in [0.5, 0.6) is 0 Å². The molecule has 0 saturated heterocycles. The number of fused-ring (bicyclic) bond motifs is 14. The van der Waals surface area contributed by atoms with Crippen LogP contribution >= 0.6 is 23.1 Å². The molecule has 2 atom stereocenters. The lowest BCUT2D eigenvalue weighted by atomic mass is 9.97. The Labute approximate surface area is 284 Å². The molecule has 5 heteroatoms. The molecule has 0 spiro atoms. The van der Waals surface area contributed by atoms with Crippen LogP contribution in [0.2, 0.25) is 0 Å². The molecule has 0 bridgehead atoms. The lowest BCUT2D eigenvalue weighted by Gasteiger charge is -2.16. The van der Waals surface area contributed by atoms with Crippen LogP contribution in [-0.4, -0.2) is 19.8 Å². The van der Waals surface area contributed by atoms with Crippen LogP contribution in [0.1, 0.15) is 17.2 Å². The zero-order valence-electron chi connectivity index (χ0n) is 26.0. The van der Waals surface area contributed by atoms with E-state index in [0.29, 0.717) is 5.25 Å². The van der Waals surface area contributed by atoms with Gasteiger partial charge in [-0.1, -0.05) is 139 Å². The predicted molar refractivity (Wildman–Crippen MR) is 205 cm³/mol. The molecule has 11 rings (SSSR count). The van der Waals surface area contributed by atoms with Gasteiger partial charge in [0, 0.05) is 47.7 Å². The fourth-order valence-electron chi connectivity index (χ4n) is 7.92. The molecule has 0 saturated carbocycles. The number of thiophene rings is 1. The van der Waals surface area contributed by atoms with Gasteiger partial charge >= 0.3 is 0 Å². The van der Waals surface area contributed by atoms with E-state index in [-0.39, 0.29) is 5.92 Å². The molecule has 9 aromatic rings. The molecule has 2 aliphatic rings. The summed E-state index contributed by atoms with van der Waals surface area (Å²) in [6.45, 7) is 2.13. The fourth-order valence-corrected chi connectivity index (χ4v) is 10.5. The summed E-state index contributed by atoms with van der Waals surface area (Å²) >= 11 is 3.75. The smallest absolute Gasteiger partial charge is 0.164 e. The quantitative estimate of drug-likeness (QED) is 0.187. The van der Waals surface area contributed by atoms with E-state index in [2.05, 4.69) is 145 Å². The maximum absolute atomic E-state index is 5.62. The minimum absolute atomic E-state index is 0.213. The van der Waals surface area contributed by atoms with Crippen molar-refractivity contribution in [1.82, 2.24) is 14.5 Å². The number of benzene rings is 6. The van der Waals surface area contributed by atoms with Crippen LogP contribution < -0.4 is 0 Å². The zero-order valence-corrected chi connectivity index (χ0v) is 27.6. The van der Waals surface area contributed by atoms with E-state index in [1.807, 2.05) is 23.1 Å². The van der Waals surface area contributed by atoms with Crippen molar-refractivity contribution >= 4 is 86.6 Å². The Morgan fingerprint density at radius 1 is 0.604 bits per heavy atom. The van der Waals surface area contributed by atoms with Gasteiger partial charge in [-0.25, -0.2) is 9.97 Å². The summed E-state index contributed by atoms with van der Waals surface area (Å²) < 4.78 is 5.07. The van der Waals surface area contributed by atoms with Crippen molar-refractivity contribution in [2.45, 2.75) is 23.1 Å². The van der Waals surface area contributed by atoms with E-state index in [4.69, 9.17) is 9.97 Å². The summed E-state index contributed by atoms with van der Waals surface area (Å²) in [6.07, 6.45) is 8.89. The van der Waals surface area contributed by atoms with Crippen LogP contribution in [0, 0.1) is 6.92 Å². The van der Waals surface area contributed by atoms with Crippen LogP contribution in [0.4, 0.5) is 0 Å². The minimum Gasteiger partial charge on any atom is -0.292 e. The molecule has 0 N–H and O–H groups in total. The standard InChI is InChI=1S/C43H27N3S2/c1-24-14-16-27(17-15-24)38-42(44-39-32-12-6-7-13-35(32)47-43(39)45-38)46-33-22-19-25-8-2-4-10-28(25)36(33)37-34(46)23-21-31-30-20-18-26-9-3-5-11-29(26)40(30)48-41(31)37/h2-23,32,35H,1H3. The van der Waals surface area contributed by atoms with Gasteiger partial charge in [0.2, 0.25) is 0 Å². The first-order chi connectivity index (χ1) is 23.7. The second kappa shape index (κ2) is 9.89. The highest BCUT2D eigenvalue weighted by molar-refractivity contribution is 8.00. The Morgan fingerprint density at radius 2 is 1.29 bits per heavy atom. The lowest BCUT2D eigenvalue weighted by Crippen LogP contribution is -2.11. The number of allylic oxidation sites excluding steroid dienone is 3. The summed E-state index contributed by atoms with van der Waals surface area (Å²) in [6, 6.07) is 40.1. The van der Waals surface area contributed by atoms with Gasteiger partial charge in [0.15, 0.2) is 5.82 Å². The molecule has 4 heterocycles. The Morgan fingerprint density at radius 3 is 2.17 bits per heavy atom. The third kappa shape index (κ3) is 3.66. The number of aromatic nitrogens is 3. The first kappa shape index (κ1) is 26.8. The maximum Gasteiger partial charge on any atom is 0.164 e. The van der Waals surface area contributed by atoms with Gasteiger partial charge in [0.25, 0.3) is 0 Å². The molecule has 1 aliphatic heterocycles. The molecular formula is C43H27N3S2. The Bertz CT molecular complexity index is 2890. The zero-order chi connectivity index (χ0) is 31.5. The Kier molecular flexibility index (Phi) is 5.52. The number of nitrogens with zero attached hydrogens (tertiary/aromatic N) is 3. The highest BCUT2D eigenvalue weighted by Crippen LogP contribution is 2.50. The van der Waals surface area contributed by atoms with Gasteiger partial charge in [-0.2, -0.15) is 0 Å². The SMILES string of the molecule is Cc1ccc(-c2nc3c(nc2-n2c4ccc5ccccc5c4c4c5sc6c7ccccc7ccc6c5ccc42)C2C=CC=CC2S3)cc1. The van der Waals surface area contributed by atoms with E-state index >= 15 is 0 Å². The van der Waals surface area contributed by atoms with Crippen molar-refractivity contribution in [1.29, 1.82) is 0 Å². The molecular weight excluding hydrogens is 623 g/mol. The third-order valence-corrected chi connectivity index (χ3v) is 12.7. The first-order valence-electron chi connectivity index (χ1n) is 16.4. The number of rotatable bonds is 2. The van der Waals surface area contributed by atoms with Gasteiger partial charge in [0.1, 0.15) is 10.7 Å². The van der Waals surface area contributed by atoms with Gasteiger partial charge in [-0.3, -0.25) is 4.57 Å². The third-order valence-electron chi connectivity index (χ3n) is 10.2. The van der Waals surface area contributed by atoms with E-state index in [0.717, 1.165) is 38.8 Å². The molecule has 3 nitrogen and oxygen atoms in total. The minimum atomic E-state index is 0.213. The van der Waals surface area contributed by atoms with Crippen molar-refractivity contribution in [3.63, 3.8) is 0 Å². The number of aryl methyl sites for hydroxylation is 1. The highest BCUT2D eigenvalue weighted by atomic mass is 32.2. The second-order valence-corrected chi connectivity index (χ2v) is 15.1. The van der Waals surface area contributed by atoms with Crippen molar-refractivity contribution < 1.29 is 0 Å². The van der Waals surface area contributed by atoms with Crippen LogP contribution in [0.25, 0.3) is 80.6 Å². The Balaban J connectivity index is 1.32. The maximum atomic E-state index is 5.62. The molecule has 48 heavy (non-hydrogen) atoms. The van der Waals surface area contributed by atoms with Gasteiger partial charge in [0.05, 0.1) is 16.7 Å². The molecule has 0 amide bonds. The first-order valence-corrected chi connectivity index (χ1v) is 18.1. The summed E-state index contributed by atoms with van der Waals surface area (Å²) in [7, 11) is 0. The average Bonchev–Trinajstić information content (AvgIpc) is 3.80. The van der Waals surface area contributed by atoms with Crippen molar-refractivity contribution in [3.05, 3.63) is 145 Å². The summed E-state index contributed by atoms with van der Waals surface area (Å²) in [5.41, 5.74) is 6.62. The van der Waals surface area contributed by atoms with Gasteiger partial charge in [-0.15, -0.1) is 11.3 Å². The predicted octanol–water partition coefficient (Wildman–Crippen LogP) is 11.9. The van der Waals surface area contributed by atoms with Crippen molar-refractivity contribution in [2.75, 3.05) is 0 Å².